The van der Waals surface area contributed by atoms with Crippen LogP contribution in [0.25, 0.3) is 0 Å². The fourth-order valence-electron chi connectivity index (χ4n) is 3.85. The minimum atomic E-state index is -4.82. The Hall–Kier alpha value is -3.19. The van der Waals surface area contributed by atoms with Gasteiger partial charge in [-0.25, -0.2) is 0 Å². The van der Waals surface area contributed by atoms with Gasteiger partial charge in [0.25, 0.3) is 0 Å². The normalized spacial score (nSPS) is 18.1. The Labute approximate surface area is 174 Å². The van der Waals surface area contributed by atoms with Gasteiger partial charge >= 0.3 is 6.36 Å². The molecule has 0 bridgehead atoms. The van der Waals surface area contributed by atoms with Crippen molar-refractivity contribution in [2.24, 2.45) is 0 Å². The van der Waals surface area contributed by atoms with Gasteiger partial charge in [0.1, 0.15) is 16.9 Å². The lowest BCUT2D eigenvalue weighted by Crippen LogP contribution is -2.37. The number of phenols is 1. The summed E-state index contributed by atoms with van der Waals surface area (Å²) in [5.41, 5.74) is 1.50. The fourth-order valence-corrected chi connectivity index (χ4v) is 4.00. The monoisotopic (exact) mass is 433 g/mol. The molecule has 0 aliphatic carbocycles. The third-order valence-electron chi connectivity index (χ3n) is 5.20. The first kappa shape index (κ1) is 20.1. The Bertz CT molecular complexity index is 1130. The summed E-state index contributed by atoms with van der Waals surface area (Å²) in [5.74, 6) is -0.746. The molecule has 4 rings (SSSR count). The number of hydrogen-bond donors (Lipinski definition) is 2. The highest BCUT2D eigenvalue weighted by molar-refractivity contribution is 6.32. The number of halogens is 4. The number of ether oxygens (including phenoxy) is 1. The first-order valence-corrected chi connectivity index (χ1v) is 9.27. The van der Waals surface area contributed by atoms with Crippen molar-refractivity contribution in [3.8, 4) is 11.5 Å². The van der Waals surface area contributed by atoms with E-state index in [2.05, 4.69) is 10.1 Å². The molecule has 3 aromatic carbocycles. The van der Waals surface area contributed by atoms with Gasteiger partial charge in [-0.3, -0.25) is 4.79 Å². The maximum atomic E-state index is 13.4. The molecule has 1 atom stereocenters. The van der Waals surface area contributed by atoms with Crippen LogP contribution < -0.4 is 10.1 Å². The van der Waals surface area contributed by atoms with Crippen LogP contribution in [0.3, 0.4) is 0 Å². The molecule has 3 aromatic rings. The molecule has 0 saturated carbocycles. The maximum Gasteiger partial charge on any atom is 0.573 e. The molecule has 1 aliphatic rings. The van der Waals surface area contributed by atoms with Crippen molar-refractivity contribution in [3.63, 3.8) is 0 Å². The number of nitrogens with one attached hydrogen (secondary N) is 1. The molecule has 0 aromatic heterocycles. The summed E-state index contributed by atoms with van der Waals surface area (Å²) in [6, 6.07) is 14.7. The molecule has 154 valence electrons. The zero-order valence-corrected chi connectivity index (χ0v) is 16.3. The Morgan fingerprint density at radius 3 is 2.10 bits per heavy atom. The number of anilines is 1. The summed E-state index contributed by atoms with van der Waals surface area (Å²) >= 11 is 6.22. The van der Waals surface area contributed by atoms with Crippen LogP contribution in [0.1, 0.15) is 22.3 Å². The van der Waals surface area contributed by atoms with Crippen LogP contribution in [0.5, 0.6) is 11.5 Å². The average molecular weight is 434 g/mol. The number of hydrogen-bond acceptors (Lipinski definition) is 3. The summed E-state index contributed by atoms with van der Waals surface area (Å²) in [6.45, 7) is 1.77. The van der Waals surface area contributed by atoms with Crippen molar-refractivity contribution >= 4 is 23.2 Å². The van der Waals surface area contributed by atoms with Gasteiger partial charge in [0.15, 0.2) is 0 Å². The van der Waals surface area contributed by atoms with E-state index in [1.807, 2.05) is 0 Å². The van der Waals surface area contributed by atoms with E-state index in [1.54, 1.807) is 31.2 Å². The summed E-state index contributed by atoms with van der Waals surface area (Å²) in [6.07, 6.45) is -4.82. The molecule has 1 amide bonds. The summed E-state index contributed by atoms with van der Waals surface area (Å²) in [7, 11) is 0. The molecule has 8 heteroatoms. The topological polar surface area (TPSA) is 58.6 Å². The number of fused-ring (bicyclic) bond motifs is 1. The second kappa shape index (κ2) is 6.95. The number of benzene rings is 3. The SMILES string of the molecule is Cc1c(Cl)ccc2c1NC(=O)[C@@]2(c1ccc(O)cc1)c1ccc(OC(F)(F)F)cc1. The number of alkyl halides is 3. The molecule has 4 nitrogen and oxygen atoms in total. The number of rotatable bonds is 3. The van der Waals surface area contributed by atoms with E-state index >= 15 is 0 Å². The van der Waals surface area contributed by atoms with Gasteiger partial charge < -0.3 is 15.2 Å². The smallest absolute Gasteiger partial charge is 0.508 e. The lowest BCUT2D eigenvalue weighted by atomic mass is 9.70. The first-order valence-electron chi connectivity index (χ1n) is 8.90. The summed E-state index contributed by atoms with van der Waals surface area (Å²) in [4.78, 5) is 13.4. The van der Waals surface area contributed by atoms with Crippen molar-refractivity contribution in [2.45, 2.75) is 18.7 Å². The number of carbonyl (C=O) groups excluding carboxylic acids is 1. The highest BCUT2D eigenvalue weighted by Gasteiger charge is 2.50. The van der Waals surface area contributed by atoms with E-state index in [-0.39, 0.29) is 11.7 Å². The Morgan fingerprint density at radius 2 is 1.53 bits per heavy atom. The van der Waals surface area contributed by atoms with Gasteiger partial charge in [-0.2, -0.15) is 0 Å². The molecular weight excluding hydrogens is 419 g/mol. The third-order valence-corrected chi connectivity index (χ3v) is 5.61. The van der Waals surface area contributed by atoms with Crippen molar-refractivity contribution < 1.29 is 27.8 Å². The van der Waals surface area contributed by atoms with Crippen LogP contribution >= 0.6 is 11.6 Å². The predicted octanol–water partition coefficient (Wildman–Crippen LogP) is 5.54. The molecule has 0 saturated heterocycles. The third kappa shape index (κ3) is 3.15. The Morgan fingerprint density at radius 1 is 0.967 bits per heavy atom. The van der Waals surface area contributed by atoms with E-state index in [0.29, 0.717) is 33.0 Å². The number of aromatic hydroxyl groups is 1. The fraction of sp³-hybridized carbons (Fsp3) is 0.136. The standard InChI is InChI=1S/C22H15ClF3NO3/c1-12-18(23)11-10-17-19(12)27-20(29)21(17,13-2-6-15(28)7-3-13)14-4-8-16(9-5-14)30-22(24,25)26/h2-11,28H,1H3,(H,27,29)/t21-/m0/s1. The molecule has 0 radical (unpaired) electrons. The molecule has 30 heavy (non-hydrogen) atoms. The van der Waals surface area contributed by atoms with Crippen molar-refractivity contribution in [1.82, 2.24) is 0 Å². The quantitative estimate of drug-likeness (QED) is 0.570. The molecular formula is C22H15ClF3NO3. The van der Waals surface area contributed by atoms with Crippen molar-refractivity contribution in [2.75, 3.05) is 5.32 Å². The van der Waals surface area contributed by atoms with Crippen molar-refractivity contribution in [3.05, 3.63) is 87.9 Å². The van der Waals surface area contributed by atoms with Gasteiger partial charge in [-0.1, -0.05) is 41.9 Å². The molecule has 0 spiro atoms. The minimum absolute atomic E-state index is 0.0220. The largest absolute Gasteiger partial charge is 0.573 e. The number of carbonyl (C=O) groups is 1. The molecule has 0 fully saturated rings. The van der Waals surface area contributed by atoms with Crippen LogP contribution in [-0.4, -0.2) is 17.4 Å². The summed E-state index contributed by atoms with van der Waals surface area (Å²) in [5, 5.41) is 13.0. The van der Waals surface area contributed by atoms with E-state index in [9.17, 15) is 23.1 Å². The molecule has 1 aliphatic heterocycles. The van der Waals surface area contributed by atoms with E-state index in [0.717, 1.165) is 0 Å². The summed E-state index contributed by atoms with van der Waals surface area (Å²) < 4.78 is 41.6. The Balaban J connectivity index is 1.95. The number of amides is 1. The molecule has 2 N–H and O–H groups in total. The van der Waals surface area contributed by atoms with Crippen LogP contribution in [0.4, 0.5) is 18.9 Å². The van der Waals surface area contributed by atoms with E-state index in [1.165, 1.54) is 36.4 Å². The van der Waals surface area contributed by atoms with Crippen LogP contribution in [0.2, 0.25) is 5.02 Å². The van der Waals surface area contributed by atoms with E-state index < -0.39 is 17.5 Å². The zero-order valence-electron chi connectivity index (χ0n) is 15.5. The predicted molar refractivity (Wildman–Crippen MR) is 106 cm³/mol. The van der Waals surface area contributed by atoms with Crippen molar-refractivity contribution in [1.29, 1.82) is 0 Å². The van der Waals surface area contributed by atoms with Gasteiger partial charge in [-0.05, 0) is 53.9 Å². The average Bonchev–Trinajstić information content (AvgIpc) is 2.98. The number of phenolic OH excluding ortho intramolecular Hbond substituents is 1. The molecule has 1 heterocycles. The van der Waals surface area contributed by atoms with Gasteiger partial charge in [0.2, 0.25) is 5.91 Å². The first-order chi connectivity index (χ1) is 14.1. The minimum Gasteiger partial charge on any atom is -0.508 e. The lowest BCUT2D eigenvalue weighted by molar-refractivity contribution is -0.274. The van der Waals surface area contributed by atoms with Crippen LogP contribution in [0.15, 0.2) is 60.7 Å². The second-order valence-corrected chi connectivity index (χ2v) is 7.33. The van der Waals surface area contributed by atoms with Gasteiger partial charge in [0.05, 0.1) is 5.69 Å². The molecule has 0 unspecified atom stereocenters. The van der Waals surface area contributed by atoms with Gasteiger partial charge in [-0.15, -0.1) is 13.2 Å². The van der Waals surface area contributed by atoms with Crippen LogP contribution in [0, 0.1) is 6.92 Å². The van der Waals surface area contributed by atoms with E-state index in [4.69, 9.17) is 11.6 Å². The zero-order chi connectivity index (χ0) is 21.7. The highest BCUT2D eigenvalue weighted by atomic mass is 35.5. The lowest BCUT2D eigenvalue weighted by Gasteiger charge is -2.29. The highest BCUT2D eigenvalue weighted by Crippen LogP contribution is 2.50. The Kier molecular flexibility index (Phi) is 4.66. The maximum absolute atomic E-state index is 13.4. The van der Waals surface area contributed by atoms with Gasteiger partial charge in [0, 0.05) is 10.6 Å². The second-order valence-electron chi connectivity index (χ2n) is 6.92. The van der Waals surface area contributed by atoms with Crippen LogP contribution in [-0.2, 0) is 10.2 Å².